The van der Waals surface area contributed by atoms with Crippen LogP contribution in [0.15, 0.2) is 30.3 Å². The molecule has 0 heterocycles. The maximum Gasteiger partial charge on any atom is -0.000930 e. The van der Waals surface area contributed by atoms with E-state index >= 15 is 0 Å². The van der Waals surface area contributed by atoms with E-state index < -0.39 is 0 Å². The second-order valence-electron chi connectivity index (χ2n) is 4.50. The van der Waals surface area contributed by atoms with E-state index in [-0.39, 0.29) is 0 Å². The summed E-state index contributed by atoms with van der Waals surface area (Å²) in [5, 5.41) is 0. The van der Waals surface area contributed by atoms with E-state index in [1.165, 1.54) is 18.4 Å². The number of hydrogen-bond donors (Lipinski definition) is 1. The van der Waals surface area contributed by atoms with Gasteiger partial charge in [0, 0.05) is 0 Å². The van der Waals surface area contributed by atoms with Gasteiger partial charge in [-0.15, -0.1) is 0 Å². The fourth-order valence-electron chi connectivity index (χ4n) is 2.75. The molecule has 0 aromatic heterocycles. The number of benzene rings is 1. The van der Waals surface area contributed by atoms with E-state index in [0.29, 0.717) is 5.41 Å². The average Bonchev–Trinajstić information content (AvgIpc) is 2.25. The highest BCUT2D eigenvalue weighted by Gasteiger charge is 2.44. The van der Waals surface area contributed by atoms with Crippen LogP contribution in [-0.2, 0) is 5.41 Å². The van der Waals surface area contributed by atoms with Crippen LogP contribution in [-0.4, -0.2) is 6.54 Å². The van der Waals surface area contributed by atoms with Crippen molar-refractivity contribution in [2.24, 2.45) is 11.7 Å². The Hall–Kier alpha value is -0.820. The van der Waals surface area contributed by atoms with Crippen molar-refractivity contribution in [3.8, 4) is 0 Å². The predicted molar refractivity (Wildman–Crippen MR) is 60.2 cm³/mol. The van der Waals surface area contributed by atoms with Crippen molar-refractivity contribution in [2.75, 3.05) is 6.54 Å². The highest BCUT2D eigenvalue weighted by atomic mass is 14.6. The summed E-state index contributed by atoms with van der Waals surface area (Å²) in [5.41, 5.74) is 7.61. The summed E-state index contributed by atoms with van der Waals surface area (Å²) >= 11 is 0. The zero-order chi connectivity index (χ0) is 10.0. The maximum atomic E-state index is 5.72. The van der Waals surface area contributed by atoms with Crippen molar-refractivity contribution in [1.29, 1.82) is 0 Å². The molecule has 1 aromatic carbocycles. The molecule has 1 heteroatoms. The normalized spacial score (nSPS) is 31.1. The van der Waals surface area contributed by atoms with Crippen molar-refractivity contribution < 1.29 is 0 Å². The van der Waals surface area contributed by atoms with Gasteiger partial charge in [-0.05, 0) is 42.7 Å². The Kier molecular flexibility index (Phi) is 2.60. The van der Waals surface area contributed by atoms with Gasteiger partial charge in [-0.25, -0.2) is 0 Å². The zero-order valence-electron chi connectivity index (χ0n) is 8.87. The van der Waals surface area contributed by atoms with E-state index in [0.717, 1.165) is 18.9 Å². The summed E-state index contributed by atoms with van der Waals surface area (Å²) in [7, 11) is 0. The SMILES string of the molecule is CC1CCC1(CCN)c1ccccc1. The Labute approximate surface area is 86.3 Å². The molecule has 1 aliphatic rings. The van der Waals surface area contributed by atoms with Crippen LogP contribution >= 0.6 is 0 Å². The third kappa shape index (κ3) is 1.36. The minimum Gasteiger partial charge on any atom is -0.330 e. The summed E-state index contributed by atoms with van der Waals surface area (Å²) in [5.74, 6) is 0.799. The summed E-state index contributed by atoms with van der Waals surface area (Å²) in [4.78, 5) is 0. The average molecular weight is 189 g/mol. The van der Waals surface area contributed by atoms with Crippen LogP contribution in [0.5, 0.6) is 0 Å². The number of rotatable bonds is 3. The van der Waals surface area contributed by atoms with E-state index in [4.69, 9.17) is 5.73 Å². The van der Waals surface area contributed by atoms with Crippen LogP contribution in [0.3, 0.4) is 0 Å². The highest BCUT2D eigenvalue weighted by molar-refractivity contribution is 5.29. The molecule has 1 nitrogen and oxygen atoms in total. The van der Waals surface area contributed by atoms with Gasteiger partial charge in [0.15, 0.2) is 0 Å². The first-order chi connectivity index (χ1) is 6.79. The standard InChI is InChI=1S/C13H19N/c1-11-7-8-13(11,9-10-14)12-5-3-2-4-6-12/h2-6,11H,7-10,14H2,1H3. The van der Waals surface area contributed by atoms with E-state index in [1.54, 1.807) is 0 Å². The molecular formula is C13H19N. The van der Waals surface area contributed by atoms with Gasteiger partial charge >= 0.3 is 0 Å². The fraction of sp³-hybridized carbons (Fsp3) is 0.538. The molecule has 76 valence electrons. The molecule has 0 amide bonds. The Morgan fingerprint density at radius 2 is 2.07 bits per heavy atom. The van der Waals surface area contributed by atoms with Gasteiger partial charge in [0.05, 0.1) is 0 Å². The third-order valence-corrected chi connectivity index (χ3v) is 3.91. The van der Waals surface area contributed by atoms with E-state index in [9.17, 15) is 0 Å². The van der Waals surface area contributed by atoms with Crippen molar-refractivity contribution in [3.63, 3.8) is 0 Å². The zero-order valence-corrected chi connectivity index (χ0v) is 8.87. The molecule has 1 saturated carbocycles. The Morgan fingerprint density at radius 3 is 2.50 bits per heavy atom. The topological polar surface area (TPSA) is 26.0 Å². The second-order valence-corrected chi connectivity index (χ2v) is 4.50. The first kappa shape index (κ1) is 9.72. The van der Waals surface area contributed by atoms with Gasteiger partial charge in [0.1, 0.15) is 0 Å². The van der Waals surface area contributed by atoms with Gasteiger partial charge < -0.3 is 5.73 Å². The quantitative estimate of drug-likeness (QED) is 0.777. The van der Waals surface area contributed by atoms with Crippen molar-refractivity contribution in [1.82, 2.24) is 0 Å². The minimum absolute atomic E-state index is 0.399. The lowest BCUT2D eigenvalue weighted by Gasteiger charge is -2.49. The summed E-state index contributed by atoms with van der Waals surface area (Å²) in [6.07, 6.45) is 3.81. The van der Waals surface area contributed by atoms with E-state index in [1.807, 2.05) is 0 Å². The molecule has 1 aliphatic carbocycles. The molecule has 0 spiro atoms. The summed E-state index contributed by atoms with van der Waals surface area (Å²) in [6, 6.07) is 10.9. The Bertz CT molecular complexity index is 293. The molecule has 0 radical (unpaired) electrons. The summed E-state index contributed by atoms with van der Waals surface area (Å²) in [6.45, 7) is 3.16. The highest BCUT2D eigenvalue weighted by Crippen LogP contribution is 2.50. The molecule has 2 rings (SSSR count). The van der Waals surface area contributed by atoms with Gasteiger partial charge in [0.25, 0.3) is 0 Å². The Balaban J connectivity index is 2.28. The second kappa shape index (κ2) is 3.74. The van der Waals surface area contributed by atoms with Crippen LogP contribution in [0, 0.1) is 5.92 Å². The van der Waals surface area contributed by atoms with Gasteiger partial charge in [-0.3, -0.25) is 0 Å². The largest absolute Gasteiger partial charge is 0.330 e. The van der Waals surface area contributed by atoms with Crippen molar-refractivity contribution >= 4 is 0 Å². The Morgan fingerprint density at radius 1 is 1.36 bits per heavy atom. The molecule has 0 aliphatic heterocycles. The lowest BCUT2D eigenvalue weighted by Crippen LogP contribution is -2.44. The molecule has 0 saturated heterocycles. The predicted octanol–water partition coefficient (Wildman–Crippen LogP) is 2.70. The smallest absolute Gasteiger partial charge is 0.000930 e. The third-order valence-electron chi connectivity index (χ3n) is 3.91. The van der Waals surface area contributed by atoms with Crippen LogP contribution < -0.4 is 5.73 Å². The van der Waals surface area contributed by atoms with E-state index in [2.05, 4.69) is 37.3 Å². The van der Waals surface area contributed by atoms with Crippen molar-refractivity contribution in [3.05, 3.63) is 35.9 Å². The number of hydrogen-bond acceptors (Lipinski definition) is 1. The molecule has 14 heavy (non-hydrogen) atoms. The molecular weight excluding hydrogens is 170 g/mol. The minimum atomic E-state index is 0.399. The van der Waals surface area contributed by atoms with Crippen LogP contribution in [0.1, 0.15) is 31.7 Å². The lowest BCUT2D eigenvalue weighted by molar-refractivity contribution is 0.128. The summed E-state index contributed by atoms with van der Waals surface area (Å²) < 4.78 is 0. The lowest BCUT2D eigenvalue weighted by atomic mass is 9.56. The monoisotopic (exact) mass is 189 g/mol. The molecule has 2 unspecified atom stereocenters. The molecule has 0 bridgehead atoms. The molecule has 1 aromatic rings. The van der Waals surface area contributed by atoms with Crippen LogP contribution in [0.25, 0.3) is 0 Å². The van der Waals surface area contributed by atoms with Gasteiger partial charge in [-0.2, -0.15) is 0 Å². The van der Waals surface area contributed by atoms with Crippen molar-refractivity contribution in [2.45, 2.75) is 31.6 Å². The van der Waals surface area contributed by atoms with Crippen LogP contribution in [0.2, 0.25) is 0 Å². The molecule has 2 N–H and O–H groups in total. The fourth-order valence-corrected chi connectivity index (χ4v) is 2.75. The first-order valence-corrected chi connectivity index (χ1v) is 5.55. The molecule has 2 atom stereocenters. The number of nitrogens with two attached hydrogens (primary N) is 1. The maximum absolute atomic E-state index is 5.72. The van der Waals surface area contributed by atoms with Crippen LogP contribution in [0.4, 0.5) is 0 Å². The van der Waals surface area contributed by atoms with Gasteiger partial charge in [-0.1, -0.05) is 37.3 Å². The first-order valence-electron chi connectivity index (χ1n) is 5.55. The van der Waals surface area contributed by atoms with Gasteiger partial charge in [0.2, 0.25) is 0 Å². The molecule has 1 fully saturated rings.